The maximum atomic E-state index is 10.2. The summed E-state index contributed by atoms with van der Waals surface area (Å²) in [7, 11) is 0. The molecule has 34 heavy (non-hydrogen) atoms. The molecule has 0 unspecified atom stereocenters. The van der Waals surface area contributed by atoms with Crippen molar-refractivity contribution in [1.29, 1.82) is 0 Å². The second kappa shape index (κ2) is 15.3. The van der Waals surface area contributed by atoms with Gasteiger partial charge < -0.3 is 31.5 Å². The highest BCUT2D eigenvalue weighted by Gasteiger charge is 2.06. The molecule has 0 bridgehead atoms. The predicted octanol–water partition coefficient (Wildman–Crippen LogP) is 3.87. The molecule has 0 fully saturated rings. The van der Waals surface area contributed by atoms with E-state index in [0.717, 1.165) is 74.0 Å². The quantitative estimate of drug-likeness (QED) is 0.170. The molecule has 3 aromatic rings. The fourth-order valence-electron chi connectivity index (χ4n) is 4.03. The molecule has 6 N–H and O–H groups in total. The van der Waals surface area contributed by atoms with E-state index in [1.54, 1.807) is 12.1 Å². The largest absolute Gasteiger partial charge is 0.508 e. The maximum absolute atomic E-state index is 10.2. The monoisotopic (exact) mass is 464 g/mol. The summed E-state index contributed by atoms with van der Waals surface area (Å²) in [4.78, 5) is 0. The zero-order valence-corrected chi connectivity index (χ0v) is 20.2. The van der Waals surface area contributed by atoms with Gasteiger partial charge in [0.1, 0.15) is 11.5 Å². The van der Waals surface area contributed by atoms with Gasteiger partial charge in [0.15, 0.2) is 0 Å². The number of unbranched alkanes of at least 4 members (excludes halogenated alkanes) is 1. The molecule has 0 amide bonds. The van der Waals surface area contributed by atoms with Gasteiger partial charge in [-0.25, -0.2) is 0 Å². The Bertz CT molecular complexity index is 980. The Morgan fingerprint density at radius 2 is 1.09 bits per heavy atom. The van der Waals surface area contributed by atoms with Crippen molar-refractivity contribution < 1.29 is 10.2 Å². The second-order valence-corrected chi connectivity index (χ2v) is 8.68. The summed E-state index contributed by atoms with van der Waals surface area (Å²) in [5.74, 6) is 0.723. The molecule has 0 aliphatic carbocycles. The van der Waals surface area contributed by atoms with Crippen LogP contribution in [0.1, 0.15) is 36.8 Å². The first kappa shape index (κ1) is 26.0. The third-order valence-corrected chi connectivity index (χ3v) is 6.00. The molecule has 0 spiro atoms. The van der Waals surface area contributed by atoms with Gasteiger partial charge in [-0.15, -0.1) is 0 Å². The van der Waals surface area contributed by atoms with E-state index < -0.39 is 0 Å². The van der Waals surface area contributed by atoms with Gasteiger partial charge in [-0.1, -0.05) is 48.5 Å². The fourth-order valence-corrected chi connectivity index (χ4v) is 4.03. The number of phenolic OH excluding ortho intramolecular Hbond substituents is 2. The summed E-state index contributed by atoms with van der Waals surface area (Å²) in [6.07, 6.45) is 4.50. The molecular formula is C28H40N4O2. The molecule has 6 heteroatoms. The Morgan fingerprint density at radius 3 is 1.82 bits per heavy atom. The summed E-state index contributed by atoms with van der Waals surface area (Å²) < 4.78 is 0. The zero-order chi connectivity index (χ0) is 23.8. The third kappa shape index (κ3) is 8.95. The average Bonchev–Trinajstić information content (AvgIpc) is 2.86. The van der Waals surface area contributed by atoms with Crippen molar-refractivity contribution in [1.82, 2.24) is 21.3 Å². The Hall–Kier alpha value is -2.64. The van der Waals surface area contributed by atoms with Crippen molar-refractivity contribution in [3.63, 3.8) is 0 Å². The fraction of sp³-hybridized carbons (Fsp3) is 0.429. The Kier molecular flexibility index (Phi) is 11.7. The lowest BCUT2D eigenvalue weighted by Gasteiger charge is -2.11. The number of nitrogens with one attached hydrogen (secondary N) is 4. The minimum absolute atomic E-state index is 0.360. The van der Waals surface area contributed by atoms with Crippen molar-refractivity contribution in [3.8, 4) is 11.5 Å². The first-order valence-corrected chi connectivity index (χ1v) is 12.5. The van der Waals surface area contributed by atoms with Gasteiger partial charge in [0, 0.05) is 24.2 Å². The second-order valence-electron chi connectivity index (χ2n) is 8.68. The molecule has 3 rings (SSSR count). The van der Waals surface area contributed by atoms with E-state index in [0.29, 0.717) is 24.6 Å². The predicted molar refractivity (Wildman–Crippen MR) is 141 cm³/mol. The van der Waals surface area contributed by atoms with E-state index in [1.165, 1.54) is 12.8 Å². The van der Waals surface area contributed by atoms with Crippen LogP contribution in [-0.4, -0.2) is 49.5 Å². The van der Waals surface area contributed by atoms with E-state index in [-0.39, 0.29) is 0 Å². The van der Waals surface area contributed by atoms with Crippen LogP contribution in [0, 0.1) is 0 Å². The lowest BCUT2D eigenvalue weighted by molar-refractivity contribution is 0.463. The number of hydrogen-bond donors (Lipinski definition) is 6. The third-order valence-electron chi connectivity index (χ3n) is 6.00. The summed E-state index contributed by atoms with van der Waals surface area (Å²) in [5, 5.41) is 36.1. The topological polar surface area (TPSA) is 88.6 Å². The molecule has 0 saturated heterocycles. The average molecular weight is 465 g/mol. The van der Waals surface area contributed by atoms with E-state index in [2.05, 4.69) is 33.4 Å². The van der Waals surface area contributed by atoms with Crippen LogP contribution in [0.25, 0.3) is 10.8 Å². The van der Waals surface area contributed by atoms with Crippen molar-refractivity contribution in [3.05, 3.63) is 71.8 Å². The normalized spacial score (nSPS) is 11.3. The Balaban J connectivity index is 1.10. The van der Waals surface area contributed by atoms with Crippen LogP contribution < -0.4 is 21.3 Å². The van der Waals surface area contributed by atoms with Crippen LogP contribution in [0.4, 0.5) is 0 Å². The minimum Gasteiger partial charge on any atom is -0.508 e. The van der Waals surface area contributed by atoms with E-state index >= 15 is 0 Å². The number of rotatable bonds is 17. The van der Waals surface area contributed by atoms with Crippen LogP contribution in [-0.2, 0) is 13.1 Å². The van der Waals surface area contributed by atoms with Crippen LogP contribution >= 0.6 is 0 Å². The molecule has 0 heterocycles. The standard InChI is InChI=1S/C28H40N4O2/c33-27-12-4-2-10-24(27)21-31-19-7-17-29-15-5-6-16-30-18-8-20-32-22-26-25-11-3-1-9-23(25)13-14-28(26)34/h1-4,9-14,29-34H,5-8,15-22H2. The number of hydrogen-bond acceptors (Lipinski definition) is 6. The van der Waals surface area contributed by atoms with Crippen LogP contribution in [0.15, 0.2) is 60.7 Å². The number of benzene rings is 3. The van der Waals surface area contributed by atoms with Gasteiger partial charge in [0.25, 0.3) is 0 Å². The summed E-state index contributed by atoms with van der Waals surface area (Å²) in [5.41, 5.74) is 1.92. The smallest absolute Gasteiger partial charge is 0.120 e. The molecule has 184 valence electrons. The first-order valence-electron chi connectivity index (χ1n) is 12.5. The van der Waals surface area contributed by atoms with E-state index in [1.807, 2.05) is 36.4 Å². The van der Waals surface area contributed by atoms with Gasteiger partial charge in [-0.05, 0) is 87.9 Å². The highest BCUT2D eigenvalue weighted by Crippen LogP contribution is 2.26. The highest BCUT2D eigenvalue weighted by atomic mass is 16.3. The van der Waals surface area contributed by atoms with Crippen molar-refractivity contribution >= 4 is 10.8 Å². The first-order chi connectivity index (χ1) is 16.8. The number of para-hydroxylation sites is 1. The molecule has 0 atom stereocenters. The number of phenols is 2. The molecule has 0 aliphatic heterocycles. The lowest BCUT2D eigenvalue weighted by Crippen LogP contribution is -2.24. The molecule has 0 aliphatic rings. The Labute approximate surface area is 203 Å². The maximum Gasteiger partial charge on any atom is 0.120 e. The van der Waals surface area contributed by atoms with Crippen molar-refractivity contribution in [2.75, 3.05) is 39.3 Å². The summed E-state index contributed by atoms with van der Waals surface area (Å²) in [6, 6.07) is 19.4. The van der Waals surface area contributed by atoms with Gasteiger partial charge in [-0.3, -0.25) is 0 Å². The van der Waals surface area contributed by atoms with E-state index in [4.69, 9.17) is 0 Å². The molecular weight excluding hydrogens is 424 g/mol. The van der Waals surface area contributed by atoms with Gasteiger partial charge in [-0.2, -0.15) is 0 Å². The van der Waals surface area contributed by atoms with Gasteiger partial charge in [0.2, 0.25) is 0 Å². The Morgan fingerprint density at radius 1 is 0.500 bits per heavy atom. The number of aromatic hydroxyl groups is 2. The SMILES string of the molecule is Oc1ccccc1CNCCCNCCCCNCCCNCc1c(O)ccc2ccccc12. The van der Waals surface area contributed by atoms with Gasteiger partial charge >= 0.3 is 0 Å². The van der Waals surface area contributed by atoms with Crippen LogP contribution in [0.2, 0.25) is 0 Å². The van der Waals surface area contributed by atoms with E-state index in [9.17, 15) is 10.2 Å². The van der Waals surface area contributed by atoms with Crippen LogP contribution in [0.3, 0.4) is 0 Å². The van der Waals surface area contributed by atoms with Crippen molar-refractivity contribution in [2.24, 2.45) is 0 Å². The molecule has 3 aromatic carbocycles. The molecule has 6 nitrogen and oxygen atoms in total. The molecule has 0 aromatic heterocycles. The summed E-state index contributed by atoms with van der Waals surface area (Å²) >= 11 is 0. The molecule has 0 saturated carbocycles. The lowest BCUT2D eigenvalue weighted by atomic mass is 10.0. The number of fused-ring (bicyclic) bond motifs is 1. The van der Waals surface area contributed by atoms with Gasteiger partial charge in [0.05, 0.1) is 0 Å². The summed E-state index contributed by atoms with van der Waals surface area (Å²) in [6.45, 7) is 7.38. The minimum atomic E-state index is 0.360. The molecule has 0 radical (unpaired) electrons. The zero-order valence-electron chi connectivity index (χ0n) is 20.2. The highest BCUT2D eigenvalue weighted by molar-refractivity contribution is 5.87. The van der Waals surface area contributed by atoms with Crippen LogP contribution in [0.5, 0.6) is 11.5 Å². The van der Waals surface area contributed by atoms with Crippen molar-refractivity contribution in [2.45, 2.75) is 38.8 Å².